The minimum atomic E-state index is -4.55. The molecule has 4 rings (SSSR count). The standard InChI is InChI=1S/C26H20N4O5S/c31-23-12-8-21(9-13-23)28-27-20-6-3-18(4-7-20)1-2-19-5-16-25(26(17-19)36(33,34)35)30-29-22-10-14-24(32)15-11-22/h1-17,31-32H,(H,33,34,35)/b2-1+,28-27+,30-29+. The molecule has 0 saturated carbocycles. The molecule has 0 aliphatic carbocycles. The number of benzene rings is 4. The van der Waals surface area contributed by atoms with Crippen molar-refractivity contribution in [2.75, 3.05) is 0 Å². The predicted octanol–water partition coefficient (Wildman–Crippen LogP) is 7.35. The molecule has 36 heavy (non-hydrogen) atoms. The van der Waals surface area contributed by atoms with Crippen LogP contribution in [0.3, 0.4) is 0 Å². The molecule has 9 nitrogen and oxygen atoms in total. The van der Waals surface area contributed by atoms with Crippen LogP contribution in [0.1, 0.15) is 11.1 Å². The summed E-state index contributed by atoms with van der Waals surface area (Å²) >= 11 is 0. The molecule has 0 amide bonds. The number of phenolic OH excluding ortho intramolecular Hbond substituents is 2. The molecule has 0 aromatic heterocycles. The molecule has 0 saturated heterocycles. The molecular formula is C26H20N4O5S. The fourth-order valence-electron chi connectivity index (χ4n) is 3.03. The van der Waals surface area contributed by atoms with Crippen LogP contribution in [0.25, 0.3) is 12.2 Å². The minimum Gasteiger partial charge on any atom is -0.508 e. The first-order valence-electron chi connectivity index (χ1n) is 10.6. The van der Waals surface area contributed by atoms with E-state index in [0.717, 1.165) is 5.56 Å². The van der Waals surface area contributed by atoms with Crippen LogP contribution in [-0.2, 0) is 10.1 Å². The summed E-state index contributed by atoms with van der Waals surface area (Å²) in [7, 11) is -4.55. The average Bonchev–Trinajstić information content (AvgIpc) is 2.87. The third kappa shape index (κ3) is 6.69. The van der Waals surface area contributed by atoms with Crippen LogP contribution in [0.2, 0.25) is 0 Å². The van der Waals surface area contributed by atoms with Crippen molar-refractivity contribution in [1.29, 1.82) is 0 Å². The SMILES string of the molecule is O=S(=O)(O)c1cc(/C=C/c2ccc(/N=N/c3ccc(O)cc3)cc2)ccc1/N=N/c1ccc(O)cc1. The Kier molecular flexibility index (Phi) is 7.28. The van der Waals surface area contributed by atoms with Crippen LogP contribution < -0.4 is 0 Å². The molecule has 0 spiro atoms. The van der Waals surface area contributed by atoms with E-state index in [1.165, 1.54) is 48.5 Å². The highest BCUT2D eigenvalue weighted by Gasteiger charge is 2.16. The highest BCUT2D eigenvalue weighted by Crippen LogP contribution is 2.29. The molecule has 4 aromatic rings. The zero-order valence-corrected chi connectivity index (χ0v) is 19.5. The molecule has 0 bridgehead atoms. The average molecular weight is 501 g/mol. The Morgan fingerprint density at radius 2 is 0.972 bits per heavy atom. The lowest BCUT2D eigenvalue weighted by Gasteiger charge is -2.04. The van der Waals surface area contributed by atoms with Crippen LogP contribution in [-0.4, -0.2) is 23.2 Å². The van der Waals surface area contributed by atoms with Gasteiger partial charge in [0.1, 0.15) is 22.1 Å². The second-order valence-electron chi connectivity index (χ2n) is 7.56. The molecule has 0 aliphatic rings. The van der Waals surface area contributed by atoms with Crippen molar-refractivity contribution >= 4 is 45.0 Å². The second-order valence-corrected chi connectivity index (χ2v) is 8.95. The topological polar surface area (TPSA) is 144 Å². The summed E-state index contributed by atoms with van der Waals surface area (Å²) in [5.41, 5.74) is 3.00. The maximum absolute atomic E-state index is 11.9. The first-order chi connectivity index (χ1) is 17.3. The summed E-state index contributed by atoms with van der Waals surface area (Å²) in [6, 6.07) is 23.8. The number of phenols is 2. The predicted molar refractivity (Wildman–Crippen MR) is 136 cm³/mol. The van der Waals surface area contributed by atoms with Crippen LogP contribution in [0.5, 0.6) is 11.5 Å². The van der Waals surface area contributed by atoms with Gasteiger partial charge in [-0.25, -0.2) is 0 Å². The molecule has 3 N–H and O–H groups in total. The second kappa shape index (κ2) is 10.7. The zero-order chi connectivity index (χ0) is 25.5. The van der Waals surface area contributed by atoms with Crippen LogP contribution in [0.4, 0.5) is 22.7 Å². The fourth-order valence-corrected chi connectivity index (χ4v) is 3.69. The Hall–Kier alpha value is -4.67. The normalized spacial score (nSPS) is 12.1. The van der Waals surface area contributed by atoms with Gasteiger partial charge in [-0.1, -0.05) is 30.4 Å². The number of hydrogen-bond donors (Lipinski definition) is 3. The van der Waals surface area contributed by atoms with Gasteiger partial charge < -0.3 is 10.2 Å². The third-order valence-corrected chi connectivity index (χ3v) is 5.76. The minimum absolute atomic E-state index is 0.0222. The van der Waals surface area contributed by atoms with E-state index in [-0.39, 0.29) is 22.1 Å². The number of rotatable bonds is 7. The maximum atomic E-state index is 11.9. The van der Waals surface area contributed by atoms with Crippen molar-refractivity contribution < 1.29 is 23.2 Å². The molecule has 0 unspecified atom stereocenters. The van der Waals surface area contributed by atoms with E-state index in [9.17, 15) is 23.2 Å². The summed E-state index contributed by atoms with van der Waals surface area (Å²) in [5, 5.41) is 34.8. The van der Waals surface area contributed by atoms with E-state index in [4.69, 9.17) is 0 Å². The van der Waals surface area contributed by atoms with Gasteiger partial charge in [0, 0.05) is 0 Å². The molecule has 0 fully saturated rings. The highest BCUT2D eigenvalue weighted by molar-refractivity contribution is 7.86. The van der Waals surface area contributed by atoms with Crippen molar-refractivity contribution in [3.8, 4) is 11.5 Å². The maximum Gasteiger partial charge on any atom is 0.296 e. The molecule has 0 radical (unpaired) electrons. The highest BCUT2D eigenvalue weighted by atomic mass is 32.2. The number of azo groups is 2. The van der Waals surface area contributed by atoms with Gasteiger partial charge in [-0.3, -0.25) is 4.55 Å². The van der Waals surface area contributed by atoms with E-state index in [2.05, 4.69) is 20.5 Å². The smallest absolute Gasteiger partial charge is 0.296 e. The van der Waals surface area contributed by atoms with Gasteiger partial charge >= 0.3 is 0 Å². The van der Waals surface area contributed by atoms with E-state index in [1.54, 1.807) is 42.5 Å². The Morgan fingerprint density at radius 1 is 0.556 bits per heavy atom. The zero-order valence-electron chi connectivity index (χ0n) is 18.7. The van der Waals surface area contributed by atoms with Gasteiger partial charge in [-0.15, -0.1) is 5.11 Å². The van der Waals surface area contributed by atoms with Gasteiger partial charge in [-0.2, -0.15) is 23.8 Å². The van der Waals surface area contributed by atoms with Crippen LogP contribution in [0.15, 0.2) is 116 Å². The van der Waals surface area contributed by atoms with Gasteiger partial charge in [0.2, 0.25) is 0 Å². The summed E-state index contributed by atoms with van der Waals surface area (Å²) in [4.78, 5) is -0.378. The molecular weight excluding hydrogens is 480 g/mol. The molecule has 180 valence electrons. The summed E-state index contributed by atoms with van der Waals surface area (Å²) in [6.07, 6.45) is 3.48. The van der Waals surface area contributed by atoms with Gasteiger partial charge in [0.25, 0.3) is 10.1 Å². The molecule has 0 atom stereocenters. The Bertz CT molecular complexity index is 1550. The Labute approximate surface area is 207 Å². The van der Waals surface area contributed by atoms with E-state index in [1.807, 2.05) is 12.1 Å². The number of nitrogens with zero attached hydrogens (tertiary/aromatic N) is 4. The van der Waals surface area contributed by atoms with E-state index < -0.39 is 10.1 Å². The van der Waals surface area contributed by atoms with Crippen molar-refractivity contribution in [2.24, 2.45) is 20.5 Å². The lowest BCUT2D eigenvalue weighted by Crippen LogP contribution is -1.98. The van der Waals surface area contributed by atoms with E-state index in [0.29, 0.717) is 22.6 Å². The first kappa shape index (κ1) is 24.5. The molecule has 4 aromatic carbocycles. The lowest BCUT2D eigenvalue weighted by atomic mass is 10.1. The van der Waals surface area contributed by atoms with Gasteiger partial charge in [0.05, 0.1) is 17.1 Å². The Morgan fingerprint density at radius 3 is 1.47 bits per heavy atom. The Balaban J connectivity index is 1.50. The lowest BCUT2D eigenvalue weighted by molar-refractivity contribution is 0.475. The van der Waals surface area contributed by atoms with Gasteiger partial charge in [0.15, 0.2) is 0 Å². The molecule has 10 heteroatoms. The van der Waals surface area contributed by atoms with Crippen LogP contribution >= 0.6 is 0 Å². The third-order valence-electron chi connectivity index (χ3n) is 4.88. The van der Waals surface area contributed by atoms with Gasteiger partial charge in [-0.05, 0) is 83.9 Å². The molecule has 0 aliphatic heterocycles. The van der Waals surface area contributed by atoms with Crippen molar-refractivity contribution in [3.63, 3.8) is 0 Å². The number of aromatic hydroxyl groups is 2. The summed E-state index contributed by atoms with van der Waals surface area (Å²) < 4.78 is 33.5. The number of hydrogen-bond acceptors (Lipinski definition) is 8. The van der Waals surface area contributed by atoms with E-state index >= 15 is 0 Å². The van der Waals surface area contributed by atoms with Crippen LogP contribution in [0, 0.1) is 0 Å². The quantitative estimate of drug-likeness (QED) is 0.138. The van der Waals surface area contributed by atoms with Crippen molar-refractivity contribution in [3.05, 3.63) is 102 Å². The molecule has 0 heterocycles. The fraction of sp³-hybridized carbons (Fsp3) is 0. The monoisotopic (exact) mass is 500 g/mol. The first-order valence-corrected chi connectivity index (χ1v) is 12.0. The largest absolute Gasteiger partial charge is 0.508 e. The summed E-state index contributed by atoms with van der Waals surface area (Å²) in [6.45, 7) is 0. The van der Waals surface area contributed by atoms with Crippen molar-refractivity contribution in [1.82, 2.24) is 0 Å². The summed E-state index contributed by atoms with van der Waals surface area (Å²) in [5.74, 6) is 0.221. The van der Waals surface area contributed by atoms with Crippen molar-refractivity contribution in [2.45, 2.75) is 4.90 Å².